The van der Waals surface area contributed by atoms with Crippen molar-refractivity contribution in [2.45, 2.75) is 13.0 Å². The van der Waals surface area contributed by atoms with Crippen molar-refractivity contribution < 1.29 is 9.32 Å². The van der Waals surface area contributed by atoms with Gasteiger partial charge in [-0.3, -0.25) is 4.79 Å². The third kappa shape index (κ3) is 4.10. The zero-order valence-electron chi connectivity index (χ0n) is 15.3. The van der Waals surface area contributed by atoms with Crippen LogP contribution in [0.5, 0.6) is 0 Å². The average Bonchev–Trinajstić information content (AvgIpc) is 3.39. The quantitative estimate of drug-likeness (QED) is 0.411. The highest BCUT2D eigenvalue weighted by Gasteiger charge is 2.13. The fourth-order valence-corrected chi connectivity index (χ4v) is 3.01. The summed E-state index contributed by atoms with van der Waals surface area (Å²) in [4.78, 5) is 19.6. The van der Waals surface area contributed by atoms with Crippen molar-refractivity contribution in [3.63, 3.8) is 0 Å². The Morgan fingerprint density at radius 2 is 2.00 bits per heavy atom. The van der Waals surface area contributed by atoms with Crippen molar-refractivity contribution in [2.24, 2.45) is 0 Å². The summed E-state index contributed by atoms with van der Waals surface area (Å²) in [5.74, 6) is 0.356. The van der Waals surface area contributed by atoms with Crippen LogP contribution in [-0.4, -0.2) is 34.1 Å². The van der Waals surface area contributed by atoms with Gasteiger partial charge in [-0.25, -0.2) is 4.98 Å². The average molecular weight is 375 g/mol. The summed E-state index contributed by atoms with van der Waals surface area (Å²) in [6.45, 7) is 2.11. The van der Waals surface area contributed by atoms with Gasteiger partial charge in [0.1, 0.15) is 5.65 Å². The molecule has 3 N–H and O–H groups in total. The molecule has 1 amide bonds. The third-order valence-electron chi connectivity index (χ3n) is 4.47. The number of nitrogens with zero attached hydrogens (tertiary/aromatic N) is 2. The highest BCUT2D eigenvalue weighted by Crippen LogP contribution is 2.19. The Kier molecular flexibility index (Phi) is 5.44. The van der Waals surface area contributed by atoms with E-state index in [1.54, 1.807) is 12.3 Å². The van der Waals surface area contributed by atoms with E-state index < -0.39 is 0 Å². The summed E-state index contributed by atoms with van der Waals surface area (Å²) in [5.41, 5.74) is 3.26. The molecular formula is C21H21N5O2. The summed E-state index contributed by atoms with van der Waals surface area (Å²) in [7, 11) is 0. The molecule has 0 fully saturated rings. The molecule has 142 valence electrons. The first-order chi connectivity index (χ1) is 13.8. The van der Waals surface area contributed by atoms with Gasteiger partial charge in [-0.15, -0.1) is 0 Å². The SMILES string of the molecule is O=C(NCCCNCc1c[nH]c2ncccc12)c1cc(-c2ccccc2)on1. The van der Waals surface area contributed by atoms with Gasteiger partial charge < -0.3 is 20.1 Å². The van der Waals surface area contributed by atoms with Crippen LogP contribution in [0.3, 0.4) is 0 Å². The number of aromatic amines is 1. The second-order valence-corrected chi connectivity index (χ2v) is 6.44. The maximum Gasteiger partial charge on any atom is 0.273 e. The summed E-state index contributed by atoms with van der Waals surface area (Å²) in [6, 6.07) is 15.2. The van der Waals surface area contributed by atoms with E-state index >= 15 is 0 Å². The molecule has 0 spiro atoms. The van der Waals surface area contributed by atoms with Crippen molar-refractivity contribution in [1.29, 1.82) is 0 Å². The second kappa shape index (κ2) is 8.49. The maximum absolute atomic E-state index is 12.2. The molecule has 0 aliphatic heterocycles. The molecule has 0 aliphatic rings. The van der Waals surface area contributed by atoms with E-state index in [-0.39, 0.29) is 11.6 Å². The Balaban J connectivity index is 1.19. The van der Waals surface area contributed by atoms with E-state index in [1.807, 2.05) is 42.6 Å². The van der Waals surface area contributed by atoms with Crippen molar-refractivity contribution in [3.05, 3.63) is 72.2 Å². The fourth-order valence-electron chi connectivity index (χ4n) is 3.01. The molecule has 4 rings (SSSR count). The smallest absolute Gasteiger partial charge is 0.273 e. The summed E-state index contributed by atoms with van der Waals surface area (Å²) < 4.78 is 5.26. The van der Waals surface area contributed by atoms with Gasteiger partial charge in [0.15, 0.2) is 11.5 Å². The molecule has 0 unspecified atom stereocenters. The number of H-pyrrole nitrogens is 1. The maximum atomic E-state index is 12.2. The van der Waals surface area contributed by atoms with Crippen LogP contribution in [0.4, 0.5) is 0 Å². The topological polar surface area (TPSA) is 95.8 Å². The number of nitrogens with one attached hydrogen (secondary N) is 3. The third-order valence-corrected chi connectivity index (χ3v) is 4.47. The fraction of sp³-hybridized carbons (Fsp3) is 0.190. The van der Waals surface area contributed by atoms with Gasteiger partial charge in [-0.1, -0.05) is 35.5 Å². The Morgan fingerprint density at radius 1 is 1.11 bits per heavy atom. The van der Waals surface area contributed by atoms with Crippen LogP contribution in [0.1, 0.15) is 22.5 Å². The zero-order valence-corrected chi connectivity index (χ0v) is 15.3. The van der Waals surface area contributed by atoms with Crippen molar-refractivity contribution in [3.8, 4) is 11.3 Å². The number of amides is 1. The number of rotatable bonds is 8. The van der Waals surface area contributed by atoms with E-state index in [0.717, 1.165) is 36.1 Å². The van der Waals surface area contributed by atoms with Crippen LogP contribution in [-0.2, 0) is 6.54 Å². The summed E-state index contributed by atoms with van der Waals surface area (Å²) in [6.07, 6.45) is 4.56. The molecular weight excluding hydrogens is 354 g/mol. The first-order valence-electron chi connectivity index (χ1n) is 9.23. The predicted molar refractivity (Wildman–Crippen MR) is 107 cm³/mol. The lowest BCUT2D eigenvalue weighted by atomic mass is 10.1. The normalized spacial score (nSPS) is 11.0. The molecule has 28 heavy (non-hydrogen) atoms. The molecule has 0 aliphatic carbocycles. The first kappa shape index (κ1) is 17.9. The van der Waals surface area contributed by atoms with Crippen molar-refractivity contribution in [2.75, 3.05) is 13.1 Å². The molecule has 3 heterocycles. The van der Waals surface area contributed by atoms with Crippen molar-refractivity contribution >= 4 is 16.9 Å². The first-order valence-corrected chi connectivity index (χ1v) is 9.23. The number of carbonyl (C=O) groups is 1. The molecule has 0 saturated heterocycles. The number of aromatic nitrogens is 3. The standard InChI is InChI=1S/C21H21N5O2/c27-21(18-12-19(28-26-18)15-6-2-1-3-7-15)24-11-5-9-22-13-16-14-25-20-17(16)8-4-10-23-20/h1-4,6-8,10,12,14,22H,5,9,11,13H2,(H,23,25)(H,24,27). The van der Waals surface area contributed by atoms with Gasteiger partial charge in [0.05, 0.1) is 0 Å². The molecule has 1 aromatic carbocycles. The Labute approximate surface area is 162 Å². The van der Waals surface area contributed by atoms with Crippen LogP contribution < -0.4 is 10.6 Å². The van der Waals surface area contributed by atoms with Crippen LogP contribution in [0.25, 0.3) is 22.4 Å². The molecule has 7 heteroatoms. The summed E-state index contributed by atoms with van der Waals surface area (Å²) in [5, 5.41) is 11.2. The predicted octanol–water partition coefficient (Wildman–Crippen LogP) is 3.13. The van der Waals surface area contributed by atoms with Crippen molar-refractivity contribution in [1.82, 2.24) is 25.8 Å². The second-order valence-electron chi connectivity index (χ2n) is 6.44. The highest BCUT2D eigenvalue weighted by molar-refractivity contribution is 5.93. The monoisotopic (exact) mass is 375 g/mol. The van der Waals surface area contributed by atoms with Crippen LogP contribution in [0.15, 0.2) is 65.4 Å². The van der Waals surface area contributed by atoms with Gasteiger partial charge in [0, 0.05) is 42.5 Å². The number of hydrogen-bond acceptors (Lipinski definition) is 5. The molecule has 0 bridgehead atoms. The lowest BCUT2D eigenvalue weighted by Gasteiger charge is -2.05. The lowest BCUT2D eigenvalue weighted by Crippen LogP contribution is -2.27. The number of pyridine rings is 1. The minimum Gasteiger partial charge on any atom is -0.355 e. The molecule has 7 nitrogen and oxygen atoms in total. The molecule has 0 atom stereocenters. The van der Waals surface area contributed by atoms with Gasteiger partial charge in [-0.2, -0.15) is 0 Å². The summed E-state index contributed by atoms with van der Waals surface area (Å²) >= 11 is 0. The number of fused-ring (bicyclic) bond motifs is 1. The van der Waals surface area contributed by atoms with E-state index in [4.69, 9.17) is 4.52 Å². The van der Waals surface area contributed by atoms with E-state index in [1.165, 1.54) is 5.56 Å². The molecule has 0 radical (unpaired) electrons. The van der Waals surface area contributed by atoms with Gasteiger partial charge >= 0.3 is 0 Å². The Morgan fingerprint density at radius 3 is 2.89 bits per heavy atom. The Hall–Kier alpha value is -3.45. The minimum absolute atomic E-state index is 0.228. The van der Waals surface area contributed by atoms with Gasteiger partial charge in [0.2, 0.25) is 0 Å². The van der Waals surface area contributed by atoms with Crippen LogP contribution in [0, 0.1) is 0 Å². The van der Waals surface area contributed by atoms with E-state index in [9.17, 15) is 4.79 Å². The number of hydrogen-bond donors (Lipinski definition) is 3. The minimum atomic E-state index is -0.228. The molecule has 4 aromatic rings. The Bertz CT molecular complexity index is 1050. The van der Waals surface area contributed by atoms with Crippen LogP contribution in [0.2, 0.25) is 0 Å². The molecule has 3 aromatic heterocycles. The number of benzene rings is 1. The van der Waals surface area contributed by atoms with Gasteiger partial charge in [0.25, 0.3) is 5.91 Å². The van der Waals surface area contributed by atoms with Gasteiger partial charge in [-0.05, 0) is 30.7 Å². The largest absolute Gasteiger partial charge is 0.355 e. The van der Waals surface area contributed by atoms with E-state index in [0.29, 0.717) is 12.3 Å². The number of carbonyl (C=O) groups excluding carboxylic acids is 1. The van der Waals surface area contributed by atoms with Crippen LogP contribution >= 0.6 is 0 Å². The molecule has 0 saturated carbocycles. The lowest BCUT2D eigenvalue weighted by molar-refractivity contribution is 0.0944. The highest BCUT2D eigenvalue weighted by atomic mass is 16.5. The zero-order chi connectivity index (χ0) is 19.2. The van der Waals surface area contributed by atoms with E-state index in [2.05, 4.69) is 31.8 Å².